The summed E-state index contributed by atoms with van der Waals surface area (Å²) in [7, 11) is 0. The van der Waals surface area contributed by atoms with E-state index in [4.69, 9.17) is 21.1 Å². The number of carbonyl (C=O) groups excluding carboxylic acids is 2. The molecule has 0 aliphatic carbocycles. The molecule has 0 saturated carbocycles. The van der Waals surface area contributed by atoms with Crippen LogP contribution in [0.15, 0.2) is 45.7 Å². The van der Waals surface area contributed by atoms with Crippen LogP contribution in [-0.2, 0) is 9.47 Å². The Balaban J connectivity index is 0.000000336. The Bertz CT molecular complexity index is 1670. The second-order valence-corrected chi connectivity index (χ2v) is 15.5. The maximum Gasteiger partial charge on any atom is 0.410 e. The molecule has 2 aliphatic heterocycles. The van der Waals surface area contributed by atoms with Crippen molar-refractivity contribution in [2.24, 2.45) is 0 Å². The summed E-state index contributed by atoms with van der Waals surface area (Å²) >= 11 is 10.0. The number of nitrogens with zero attached hydrogens (tertiary/aromatic N) is 5. The molecular weight excluding hydrogens is 700 g/mol. The van der Waals surface area contributed by atoms with E-state index in [1.807, 2.05) is 82.8 Å². The molecule has 0 unspecified atom stereocenters. The lowest BCUT2D eigenvalue weighted by molar-refractivity contribution is 0.0223. The van der Waals surface area contributed by atoms with Gasteiger partial charge in [0, 0.05) is 62.2 Å². The van der Waals surface area contributed by atoms with E-state index < -0.39 is 5.60 Å². The summed E-state index contributed by atoms with van der Waals surface area (Å²) in [5.41, 5.74) is 1.29. The molecule has 11 nitrogen and oxygen atoms in total. The Hall–Kier alpha value is -3.35. The lowest BCUT2D eigenvalue weighted by Gasteiger charge is -2.36. The maximum absolute atomic E-state index is 13.5. The number of fused-ring (bicyclic) bond motifs is 1. The number of amides is 2. The molecule has 48 heavy (non-hydrogen) atoms. The number of hydrogen-bond acceptors (Lipinski definition) is 8. The van der Waals surface area contributed by atoms with Crippen molar-refractivity contribution in [3.8, 4) is 5.69 Å². The highest BCUT2D eigenvalue weighted by molar-refractivity contribution is 9.10. The van der Waals surface area contributed by atoms with Gasteiger partial charge in [0.1, 0.15) is 17.0 Å². The van der Waals surface area contributed by atoms with Crippen LogP contribution in [0.4, 0.5) is 15.4 Å². The number of rotatable bonds is 3. The van der Waals surface area contributed by atoms with Gasteiger partial charge in [0.15, 0.2) is 0 Å². The Morgan fingerprint density at radius 1 is 0.875 bits per heavy atom. The van der Waals surface area contributed by atoms with E-state index >= 15 is 0 Å². The highest BCUT2D eigenvalue weighted by Gasteiger charge is 2.28. The van der Waals surface area contributed by atoms with Crippen molar-refractivity contribution in [2.75, 3.05) is 57.3 Å². The number of hydrogen-bond donors (Lipinski definition) is 1. The number of carbonyl (C=O) groups is 2. The monoisotopic (exact) mass is 746 g/mol. The second kappa shape index (κ2) is 15.5. The number of benzene rings is 2. The number of nitrogens with one attached hydrogen (secondary N) is 1. The molecule has 2 saturated heterocycles. The SMILES string of the molecule is CC(C)(C)OC(=O)N1CCNCC1.CC(C)c1ccccc1-n1c(=O)nc(N2CCN(C(=O)OC(C)(C)C)CC2)c2cc(Cl)c(Br)cc21. The zero-order valence-corrected chi connectivity index (χ0v) is 31.6. The molecule has 2 aliphatic rings. The van der Waals surface area contributed by atoms with Gasteiger partial charge in [0.25, 0.3) is 0 Å². The summed E-state index contributed by atoms with van der Waals surface area (Å²) in [6.45, 7) is 20.6. The molecule has 3 aromatic rings. The van der Waals surface area contributed by atoms with Crippen LogP contribution in [0.2, 0.25) is 5.02 Å². The Morgan fingerprint density at radius 2 is 1.42 bits per heavy atom. The maximum atomic E-state index is 13.5. The normalized spacial score (nSPS) is 15.7. The van der Waals surface area contributed by atoms with E-state index in [1.54, 1.807) is 14.4 Å². The lowest BCUT2D eigenvalue weighted by Crippen LogP contribution is -2.50. The van der Waals surface area contributed by atoms with Crippen molar-refractivity contribution in [3.05, 3.63) is 61.9 Å². The summed E-state index contributed by atoms with van der Waals surface area (Å²) < 4.78 is 13.1. The number of ether oxygens (including phenoxy) is 2. The molecule has 3 heterocycles. The smallest absolute Gasteiger partial charge is 0.410 e. The first kappa shape index (κ1) is 37.5. The van der Waals surface area contributed by atoms with Gasteiger partial charge < -0.3 is 29.5 Å². The van der Waals surface area contributed by atoms with Crippen molar-refractivity contribution in [3.63, 3.8) is 0 Å². The summed E-state index contributed by atoms with van der Waals surface area (Å²) in [5.74, 6) is 0.797. The highest BCUT2D eigenvalue weighted by atomic mass is 79.9. The van der Waals surface area contributed by atoms with Crippen LogP contribution in [0, 0.1) is 0 Å². The zero-order chi connectivity index (χ0) is 35.4. The minimum atomic E-state index is -0.549. The fraction of sp³-hybridized carbons (Fsp3) is 0.543. The second-order valence-electron chi connectivity index (χ2n) is 14.2. The largest absolute Gasteiger partial charge is 0.444 e. The van der Waals surface area contributed by atoms with Crippen LogP contribution in [0.5, 0.6) is 0 Å². The first-order valence-electron chi connectivity index (χ1n) is 16.4. The molecule has 0 radical (unpaired) electrons. The molecule has 2 amide bonds. The van der Waals surface area contributed by atoms with Crippen molar-refractivity contribution in [1.29, 1.82) is 0 Å². The van der Waals surface area contributed by atoms with E-state index in [9.17, 15) is 14.4 Å². The van der Waals surface area contributed by atoms with Crippen LogP contribution in [-0.4, -0.2) is 95.1 Å². The van der Waals surface area contributed by atoms with Gasteiger partial charge in [-0.15, -0.1) is 0 Å². The average molecular weight is 748 g/mol. The third-order valence-corrected chi connectivity index (χ3v) is 8.91. The number of piperazine rings is 2. The fourth-order valence-electron chi connectivity index (χ4n) is 5.46. The third-order valence-electron chi connectivity index (χ3n) is 7.71. The Morgan fingerprint density at radius 3 is 1.96 bits per heavy atom. The van der Waals surface area contributed by atoms with Crippen molar-refractivity contribution in [1.82, 2.24) is 24.7 Å². The molecular formula is C35H48BrClN6O5. The molecule has 2 fully saturated rings. The number of anilines is 1. The van der Waals surface area contributed by atoms with Gasteiger partial charge >= 0.3 is 17.9 Å². The summed E-state index contributed by atoms with van der Waals surface area (Å²) in [6.07, 6.45) is -0.531. The van der Waals surface area contributed by atoms with Gasteiger partial charge in [-0.2, -0.15) is 4.98 Å². The molecule has 5 rings (SSSR count). The van der Waals surface area contributed by atoms with Gasteiger partial charge in [0.05, 0.1) is 16.2 Å². The fourth-order valence-corrected chi connectivity index (χ4v) is 5.95. The summed E-state index contributed by atoms with van der Waals surface area (Å²) in [6, 6.07) is 11.6. The minimum absolute atomic E-state index is 0.200. The van der Waals surface area contributed by atoms with Gasteiger partial charge in [-0.25, -0.2) is 14.4 Å². The van der Waals surface area contributed by atoms with Crippen LogP contribution in [0.25, 0.3) is 16.6 Å². The number of halogens is 2. The van der Waals surface area contributed by atoms with Crippen LogP contribution >= 0.6 is 27.5 Å². The molecule has 0 spiro atoms. The predicted molar refractivity (Wildman–Crippen MR) is 195 cm³/mol. The van der Waals surface area contributed by atoms with Gasteiger partial charge in [0.2, 0.25) is 0 Å². The van der Waals surface area contributed by atoms with E-state index in [-0.39, 0.29) is 29.4 Å². The van der Waals surface area contributed by atoms with E-state index in [0.29, 0.717) is 41.5 Å². The number of para-hydroxylation sites is 1. The van der Waals surface area contributed by atoms with Gasteiger partial charge in [-0.1, -0.05) is 43.6 Å². The predicted octanol–water partition coefficient (Wildman–Crippen LogP) is 6.81. The standard InChI is InChI=1S/C26H30BrClN4O3.C9H18N2O2/c1-16(2)17-8-6-7-9-21(17)32-22-15-19(27)20(28)14-18(22)23(29-24(32)33)30-10-12-31(13-11-30)25(34)35-26(3,4)5;1-9(2,3)13-8(12)11-6-4-10-5-7-11/h6-9,14-16H,10-13H2,1-5H3;10H,4-7H2,1-3H3. The summed E-state index contributed by atoms with van der Waals surface area (Å²) in [5, 5.41) is 4.50. The van der Waals surface area contributed by atoms with Crippen molar-refractivity contribution in [2.45, 2.75) is 72.5 Å². The first-order chi connectivity index (χ1) is 22.4. The van der Waals surface area contributed by atoms with Crippen LogP contribution < -0.4 is 15.9 Å². The Labute approximate surface area is 296 Å². The van der Waals surface area contributed by atoms with E-state index in [1.165, 1.54) is 0 Å². The van der Waals surface area contributed by atoms with Crippen molar-refractivity contribution < 1.29 is 19.1 Å². The van der Waals surface area contributed by atoms with Crippen LogP contribution in [0.1, 0.15) is 66.9 Å². The van der Waals surface area contributed by atoms with E-state index in [2.05, 4.69) is 40.1 Å². The first-order valence-corrected chi connectivity index (χ1v) is 17.5. The molecule has 2 aromatic carbocycles. The lowest BCUT2D eigenvalue weighted by atomic mass is 10.0. The third kappa shape index (κ3) is 9.63. The van der Waals surface area contributed by atoms with E-state index in [0.717, 1.165) is 48.3 Å². The highest BCUT2D eigenvalue weighted by Crippen LogP contribution is 2.34. The summed E-state index contributed by atoms with van der Waals surface area (Å²) in [4.78, 5) is 47.5. The molecule has 1 N–H and O–H groups in total. The quantitative estimate of drug-likeness (QED) is 0.312. The van der Waals surface area contributed by atoms with Crippen molar-refractivity contribution >= 4 is 56.4 Å². The molecule has 13 heteroatoms. The van der Waals surface area contributed by atoms with Gasteiger partial charge in [-0.05, 0) is 87.2 Å². The Kier molecular flexibility index (Phi) is 12.1. The molecule has 1 aromatic heterocycles. The molecule has 262 valence electrons. The van der Waals surface area contributed by atoms with Gasteiger partial charge in [-0.3, -0.25) is 4.57 Å². The zero-order valence-electron chi connectivity index (χ0n) is 29.2. The number of aromatic nitrogens is 2. The minimum Gasteiger partial charge on any atom is -0.444 e. The molecule has 0 atom stereocenters. The molecule has 0 bridgehead atoms. The van der Waals surface area contributed by atoms with Crippen LogP contribution in [0.3, 0.4) is 0 Å². The average Bonchev–Trinajstić information content (AvgIpc) is 3.01. The topological polar surface area (TPSA) is 109 Å².